The van der Waals surface area contributed by atoms with Crippen molar-refractivity contribution in [3.05, 3.63) is 12.3 Å². The van der Waals surface area contributed by atoms with Gasteiger partial charge >= 0.3 is 0 Å². The molecule has 2 N–H and O–H groups in total. The highest BCUT2D eigenvalue weighted by atomic mass is 16.3. The van der Waals surface area contributed by atoms with E-state index < -0.39 is 11.7 Å². The van der Waals surface area contributed by atoms with Crippen LogP contribution in [-0.4, -0.2) is 17.6 Å². The number of aliphatic hydroxyl groups excluding tert-OH is 1. The Labute approximate surface area is 60.7 Å². The molecule has 0 unspecified atom stereocenters. The van der Waals surface area contributed by atoms with Gasteiger partial charge in [0, 0.05) is 6.54 Å². The summed E-state index contributed by atoms with van der Waals surface area (Å²) < 4.78 is 0. The average molecular weight is 143 g/mol. The Morgan fingerprint density at radius 1 is 1.70 bits per heavy atom. The number of carbonyl (C=O) groups excluding carboxylic acids is 1. The van der Waals surface area contributed by atoms with Crippen molar-refractivity contribution in [3.8, 4) is 0 Å². The highest BCUT2D eigenvalue weighted by Crippen LogP contribution is 1.85. The van der Waals surface area contributed by atoms with E-state index in [2.05, 4.69) is 11.9 Å². The lowest BCUT2D eigenvalue weighted by Gasteiger charge is -2.00. The zero-order valence-electron chi connectivity index (χ0n) is 6.18. The smallest absolute Gasteiger partial charge is 0.285 e. The van der Waals surface area contributed by atoms with Crippen molar-refractivity contribution < 1.29 is 9.90 Å². The van der Waals surface area contributed by atoms with Crippen LogP contribution in [-0.2, 0) is 4.79 Å². The molecule has 3 nitrogen and oxygen atoms in total. The summed E-state index contributed by atoms with van der Waals surface area (Å²) in [5.41, 5.74) is 0. The first-order chi connectivity index (χ1) is 4.68. The molecule has 3 heteroatoms. The monoisotopic (exact) mass is 143 g/mol. The second-order valence-electron chi connectivity index (χ2n) is 2.06. The molecule has 0 aromatic rings. The van der Waals surface area contributed by atoms with Crippen LogP contribution < -0.4 is 5.32 Å². The summed E-state index contributed by atoms with van der Waals surface area (Å²) >= 11 is 0. The number of hydrogen-bond donors (Lipinski definition) is 2. The minimum atomic E-state index is -0.478. The van der Waals surface area contributed by atoms with Gasteiger partial charge in [0.05, 0.1) is 0 Å². The molecule has 0 atom stereocenters. The minimum absolute atomic E-state index is 0.420. The molecule has 0 saturated heterocycles. The number of carbonyl (C=O) groups is 1. The van der Waals surface area contributed by atoms with E-state index in [4.69, 9.17) is 5.11 Å². The van der Waals surface area contributed by atoms with Crippen LogP contribution in [0.25, 0.3) is 0 Å². The van der Waals surface area contributed by atoms with Gasteiger partial charge < -0.3 is 10.4 Å². The standard InChI is InChI=1S/C7H13NO2/c1-3-4-5-8-7(10)6(2)9/h9H,2-5H2,1H3,(H,8,10). The van der Waals surface area contributed by atoms with Crippen molar-refractivity contribution in [2.45, 2.75) is 19.8 Å². The molecule has 0 aromatic carbocycles. The first-order valence-corrected chi connectivity index (χ1v) is 3.34. The molecule has 0 heterocycles. The Balaban J connectivity index is 3.31. The number of amides is 1. The molecule has 0 aromatic heterocycles. The van der Waals surface area contributed by atoms with E-state index >= 15 is 0 Å². The minimum Gasteiger partial charge on any atom is -0.503 e. The first-order valence-electron chi connectivity index (χ1n) is 3.34. The quantitative estimate of drug-likeness (QED) is 0.350. The van der Waals surface area contributed by atoms with Gasteiger partial charge in [-0.2, -0.15) is 0 Å². The van der Waals surface area contributed by atoms with Crippen molar-refractivity contribution in [1.82, 2.24) is 5.32 Å². The zero-order chi connectivity index (χ0) is 7.98. The Kier molecular flexibility index (Phi) is 4.37. The molecule has 1 amide bonds. The zero-order valence-corrected chi connectivity index (χ0v) is 6.18. The van der Waals surface area contributed by atoms with Crippen LogP contribution in [0.4, 0.5) is 0 Å². The molecule has 0 rings (SSSR count). The summed E-state index contributed by atoms with van der Waals surface area (Å²) in [6.45, 7) is 5.71. The van der Waals surface area contributed by atoms with E-state index in [9.17, 15) is 4.79 Å². The van der Waals surface area contributed by atoms with Crippen molar-refractivity contribution in [1.29, 1.82) is 0 Å². The van der Waals surface area contributed by atoms with Crippen LogP contribution in [0.2, 0.25) is 0 Å². The van der Waals surface area contributed by atoms with Gasteiger partial charge in [-0.3, -0.25) is 4.79 Å². The summed E-state index contributed by atoms with van der Waals surface area (Å²) in [6, 6.07) is 0. The number of unbranched alkanes of at least 4 members (excludes halogenated alkanes) is 1. The summed E-state index contributed by atoms with van der Waals surface area (Å²) in [4.78, 5) is 10.6. The molecular weight excluding hydrogens is 130 g/mol. The maximum Gasteiger partial charge on any atom is 0.285 e. The second kappa shape index (κ2) is 4.85. The van der Waals surface area contributed by atoms with Gasteiger partial charge in [0.2, 0.25) is 0 Å². The van der Waals surface area contributed by atoms with E-state index in [0.717, 1.165) is 12.8 Å². The maximum absolute atomic E-state index is 10.6. The summed E-state index contributed by atoms with van der Waals surface area (Å²) in [7, 11) is 0. The van der Waals surface area contributed by atoms with Crippen molar-refractivity contribution in [2.75, 3.05) is 6.54 Å². The molecule has 0 fully saturated rings. The van der Waals surface area contributed by atoms with Crippen LogP contribution in [0.1, 0.15) is 19.8 Å². The Hall–Kier alpha value is -0.990. The Morgan fingerprint density at radius 2 is 2.30 bits per heavy atom. The maximum atomic E-state index is 10.6. The lowest BCUT2D eigenvalue weighted by molar-refractivity contribution is -0.119. The van der Waals surface area contributed by atoms with Gasteiger partial charge in [0.25, 0.3) is 5.91 Å². The van der Waals surface area contributed by atoms with Gasteiger partial charge in [-0.1, -0.05) is 19.9 Å². The van der Waals surface area contributed by atoms with Crippen molar-refractivity contribution in [2.24, 2.45) is 0 Å². The second-order valence-corrected chi connectivity index (χ2v) is 2.06. The van der Waals surface area contributed by atoms with E-state index in [0.29, 0.717) is 6.54 Å². The molecule has 0 radical (unpaired) electrons. The van der Waals surface area contributed by atoms with Crippen LogP contribution >= 0.6 is 0 Å². The molecule has 0 aliphatic carbocycles. The van der Waals surface area contributed by atoms with E-state index in [1.54, 1.807) is 0 Å². The topological polar surface area (TPSA) is 49.3 Å². The molecule has 0 aliphatic heterocycles. The fraction of sp³-hybridized carbons (Fsp3) is 0.571. The Bertz CT molecular complexity index is 132. The number of hydrogen-bond acceptors (Lipinski definition) is 2. The lowest BCUT2D eigenvalue weighted by atomic mass is 10.3. The van der Waals surface area contributed by atoms with Crippen LogP contribution in [0, 0.1) is 0 Å². The van der Waals surface area contributed by atoms with E-state index in [1.807, 2.05) is 6.92 Å². The number of aliphatic hydroxyl groups is 1. The largest absolute Gasteiger partial charge is 0.503 e. The third-order valence-electron chi connectivity index (χ3n) is 1.08. The summed E-state index contributed by atoms with van der Waals surface area (Å²) in [5.74, 6) is -0.899. The van der Waals surface area contributed by atoms with Crippen molar-refractivity contribution in [3.63, 3.8) is 0 Å². The molecule has 0 aliphatic rings. The third kappa shape index (κ3) is 3.95. The summed E-state index contributed by atoms with van der Waals surface area (Å²) in [5, 5.41) is 11.0. The third-order valence-corrected chi connectivity index (χ3v) is 1.08. The highest BCUT2D eigenvalue weighted by molar-refractivity contribution is 5.90. The summed E-state index contributed by atoms with van der Waals surface area (Å²) in [6.07, 6.45) is 1.96. The Morgan fingerprint density at radius 3 is 2.70 bits per heavy atom. The van der Waals surface area contributed by atoms with E-state index in [-0.39, 0.29) is 0 Å². The normalized spacial score (nSPS) is 8.90. The fourth-order valence-corrected chi connectivity index (χ4v) is 0.481. The fourth-order valence-electron chi connectivity index (χ4n) is 0.481. The molecule has 58 valence electrons. The first kappa shape index (κ1) is 9.01. The van der Waals surface area contributed by atoms with Gasteiger partial charge in [-0.25, -0.2) is 0 Å². The number of rotatable bonds is 4. The van der Waals surface area contributed by atoms with E-state index in [1.165, 1.54) is 0 Å². The van der Waals surface area contributed by atoms with Gasteiger partial charge in [0.1, 0.15) is 0 Å². The van der Waals surface area contributed by atoms with Crippen LogP contribution in [0.3, 0.4) is 0 Å². The number of nitrogens with one attached hydrogen (secondary N) is 1. The van der Waals surface area contributed by atoms with Gasteiger partial charge in [-0.15, -0.1) is 0 Å². The molecule has 0 bridgehead atoms. The average Bonchev–Trinajstić information content (AvgIpc) is 1.88. The SMILES string of the molecule is C=C(O)C(=O)NCCCC. The predicted molar refractivity (Wildman–Crippen MR) is 39.7 cm³/mol. The van der Waals surface area contributed by atoms with Gasteiger partial charge in [-0.05, 0) is 6.42 Å². The molecule has 0 saturated carbocycles. The van der Waals surface area contributed by atoms with Crippen LogP contribution in [0.5, 0.6) is 0 Å². The highest BCUT2D eigenvalue weighted by Gasteiger charge is 2.00. The van der Waals surface area contributed by atoms with Crippen LogP contribution in [0.15, 0.2) is 12.3 Å². The van der Waals surface area contributed by atoms with Gasteiger partial charge in [0.15, 0.2) is 5.76 Å². The molecule has 0 spiro atoms. The lowest BCUT2D eigenvalue weighted by Crippen LogP contribution is -2.25. The van der Waals surface area contributed by atoms with Crippen molar-refractivity contribution >= 4 is 5.91 Å². The molecule has 10 heavy (non-hydrogen) atoms. The predicted octanol–water partition coefficient (Wildman–Crippen LogP) is 0.974. The molecular formula is C7H13NO2.